The van der Waals surface area contributed by atoms with Crippen molar-refractivity contribution in [2.75, 3.05) is 60.7 Å². The lowest BCUT2D eigenvalue weighted by molar-refractivity contribution is 0.0914. The molecule has 9 nitrogen and oxygen atoms in total. The molecule has 0 saturated carbocycles. The van der Waals surface area contributed by atoms with Crippen molar-refractivity contribution in [1.29, 1.82) is 0 Å². The molecule has 0 radical (unpaired) electrons. The predicted molar refractivity (Wildman–Crippen MR) is 111 cm³/mol. The molecule has 0 aliphatic carbocycles. The van der Waals surface area contributed by atoms with Gasteiger partial charge in [-0.05, 0) is 26.0 Å². The zero-order valence-corrected chi connectivity index (χ0v) is 18.0. The molecule has 1 aromatic carbocycles. The van der Waals surface area contributed by atoms with Crippen molar-refractivity contribution in [2.24, 2.45) is 4.99 Å². The van der Waals surface area contributed by atoms with Crippen LogP contribution in [0.1, 0.15) is 19.4 Å². The van der Waals surface area contributed by atoms with E-state index < -0.39 is 0 Å². The predicted octanol–water partition coefficient (Wildman–Crippen LogP) is 1.95. The number of hydrogen-bond donors (Lipinski definition) is 1. The number of methoxy groups -OCH3 is 3. The van der Waals surface area contributed by atoms with E-state index in [4.69, 9.17) is 23.9 Å². The van der Waals surface area contributed by atoms with Gasteiger partial charge in [-0.1, -0.05) is 0 Å². The van der Waals surface area contributed by atoms with Gasteiger partial charge >= 0.3 is 6.09 Å². The van der Waals surface area contributed by atoms with E-state index in [2.05, 4.69) is 10.2 Å². The fraction of sp³-hybridized carbons (Fsp3) is 0.600. The van der Waals surface area contributed by atoms with Gasteiger partial charge in [0.15, 0.2) is 17.5 Å². The molecule has 0 bridgehead atoms. The maximum absolute atomic E-state index is 11.9. The summed E-state index contributed by atoms with van der Waals surface area (Å²) in [5.41, 5.74) is 0.894. The molecule has 1 fully saturated rings. The molecule has 0 unspecified atom stereocenters. The van der Waals surface area contributed by atoms with Gasteiger partial charge in [-0.25, -0.2) is 9.79 Å². The zero-order chi connectivity index (χ0) is 21.2. The van der Waals surface area contributed by atoms with Gasteiger partial charge in [0, 0.05) is 38.3 Å². The minimum absolute atomic E-state index is 0.260. The Bertz CT molecular complexity index is 702. The van der Waals surface area contributed by atoms with Crippen LogP contribution in [-0.4, -0.2) is 82.5 Å². The van der Waals surface area contributed by atoms with Crippen molar-refractivity contribution in [2.45, 2.75) is 20.4 Å². The lowest BCUT2D eigenvalue weighted by Crippen LogP contribution is -2.53. The first-order valence-electron chi connectivity index (χ1n) is 9.82. The molecule has 2 rings (SSSR count). The van der Waals surface area contributed by atoms with Crippen LogP contribution >= 0.6 is 0 Å². The average Bonchev–Trinajstić information content (AvgIpc) is 2.76. The highest BCUT2D eigenvalue weighted by Crippen LogP contribution is 2.39. The normalized spacial score (nSPS) is 14.4. The molecule has 9 heteroatoms. The van der Waals surface area contributed by atoms with E-state index in [0.29, 0.717) is 56.6 Å². The number of carbonyl (C=O) groups excluding carboxylic acids is 1. The fourth-order valence-corrected chi connectivity index (χ4v) is 3.19. The van der Waals surface area contributed by atoms with Gasteiger partial charge < -0.3 is 34.1 Å². The summed E-state index contributed by atoms with van der Waals surface area (Å²) in [6, 6.07) is 3.77. The summed E-state index contributed by atoms with van der Waals surface area (Å²) in [7, 11) is 4.78. The number of amides is 1. The number of carbonyl (C=O) groups is 1. The maximum Gasteiger partial charge on any atom is 0.409 e. The minimum atomic E-state index is -0.260. The van der Waals surface area contributed by atoms with Crippen molar-refractivity contribution in [1.82, 2.24) is 15.1 Å². The first kappa shape index (κ1) is 22.4. The summed E-state index contributed by atoms with van der Waals surface area (Å²) in [6.45, 7) is 7.97. The molecular weight excluding hydrogens is 376 g/mol. The van der Waals surface area contributed by atoms with E-state index in [9.17, 15) is 4.79 Å². The van der Waals surface area contributed by atoms with E-state index in [1.807, 2.05) is 26.0 Å². The van der Waals surface area contributed by atoms with Crippen LogP contribution in [-0.2, 0) is 11.3 Å². The Morgan fingerprint density at radius 1 is 1.00 bits per heavy atom. The molecule has 1 heterocycles. The number of aliphatic imine (C=N–C) groups is 1. The molecule has 0 aromatic heterocycles. The fourth-order valence-electron chi connectivity index (χ4n) is 3.19. The van der Waals surface area contributed by atoms with Crippen LogP contribution in [0.5, 0.6) is 17.2 Å². The lowest BCUT2D eigenvalue weighted by Gasteiger charge is -2.35. The van der Waals surface area contributed by atoms with Crippen LogP contribution < -0.4 is 19.5 Å². The Morgan fingerprint density at radius 2 is 1.66 bits per heavy atom. The second kappa shape index (κ2) is 11.2. The van der Waals surface area contributed by atoms with Gasteiger partial charge in [0.1, 0.15) is 0 Å². The van der Waals surface area contributed by atoms with Crippen LogP contribution in [0.25, 0.3) is 0 Å². The van der Waals surface area contributed by atoms with E-state index in [-0.39, 0.29) is 6.09 Å². The summed E-state index contributed by atoms with van der Waals surface area (Å²) in [4.78, 5) is 20.5. The molecule has 1 aliphatic heterocycles. The van der Waals surface area contributed by atoms with Gasteiger partial charge in [-0.3, -0.25) is 0 Å². The first-order chi connectivity index (χ1) is 14.1. The number of guanidine groups is 1. The summed E-state index contributed by atoms with van der Waals surface area (Å²) in [6.07, 6.45) is -0.260. The Labute approximate surface area is 172 Å². The van der Waals surface area contributed by atoms with Crippen molar-refractivity contribution >= 4 is 12.1 Å². The lowest BCUT2D eigenvalue weighted by atomic mass is 10.1. The quantitative estimate of drug-likeness (QED) is 0.545. The van der Waals surface area contributed by atoms with Crippen molar-refractivity contribution in [3.63, 3.8) is 0 Å². The largest absolute Gasteiger partial charge is 0.493 e. The van der Waals surface area contributed by atoms with Gasteiger partial charge in [0.2, 0.25) is 5.75 Å². The first-order valence-corrected chi connectivity index (χ1v) is 9.82. The van der Waals surface area contributed by atoms with Crippen LogP contribution in [0.3, 0.4) is 0 Å². The molecule has 29 heavy (non-hydrogen) atoms. The molecule has 1 saturated heterocycles. The smallest absolute Gasteiger partial charge is 0.409 e. The second-order valence-corrected chi connectivity index (χ2v) is 6.34. The Hall–Kier alpha value is -2.84. The standard InChI is InChI=1S/C20H32N4O5/c1-6-21-19(23-10-12-24(13-11-23)20(25)29-7-2)22-14-15-8-9-16(26-3)18(28-5)17(15)27-4/h8-9H,6-7,10-14H2,1-5H3,(H,21,22). The van der Waals surface area contributed by atoms with E-state index in [1.165, 1.54) is 0 Å². The third kappa shape index (κ3) is 5.58. The van der Waals surface area contributed by atoms with Crippen LogP contribution in [0.2, 0.25) is 0 Å². The molecule has 0 spiro atoms. The number of nitrogens with one attached hydrogen (secondary N) is 1. The molecule has 1 N–H and O–H groups in total. The number of hydrogen-bond acceptors (Lipinski definition) is 6. The summed E-state index contributed by atoms with van der Waals surface area (Å²) in [5.74, 6) is 2.57. The highest BCUT2D eigenvalue weighted by molar-refractivity contribution is 5.80. The molecule has 0 atom stereocenters. The summed E-state index contributed by atoms with van der Waals surface area (Å²) in [5, 5.41) is 3.32. The highest BCUT2D eigenvalue weighted by Gasteiger charge is 2.24. The molecular formula is C20H32N4O5. The maximum atomic E-state index is 11.9. The molecule has 162 valence electrons. The van der Waals surface area contributed by atoms with Crippen LogP contribution in [0, 0.1) is 0 Å². The van der Waals surface area contributed by atoms with Gasteiger partial charge in [-0.15, -0.1) is 0 Å². The van der Waals surface area contributed by atoms with Crippen molar-refractivity contribution in [3.05, 3.63) is 17.7 Å². The zero-order valence-electron chi connectivity index (χ0n) is 18.0. The van der Waals surface area contributed by atoms with E-state index >= 15 is 0 Å². The number of rotatable bonds is 7. The topological polar surface area (TPSA) is 84.9 Å². The van der Waals surface area contributed by atoms with E-state index in [1.54, 1.807) is 26.2 Å². The third-order valence-corrected chi connectivity index (χ3v) is 4.63. The van der Waals surface area contributed by atoms with E-state index in [0.717, 1.165) is 18.1 Å². The van der Waals surface area contributed by atoms with Crippen LogP contribution in [0.4, 0.5) is 4.79 Å². The Kier molecular flexibility index (Phi) is 8.69. The number of piperazine rings is 1. The van der Waals surface area contributed by atoms with Gasteiger partial charge in [0.25, 0.3) is 0 Å². The average molecular weight is 408 g/mol. The van der Waals surface area contributed by atoms with Crippen LogP contribution in [0.15, 0.2) is 17.1 Å². The molecule has 1 amide bonds. The monoisotopic (exact) mass is 408 g/mol. The number of nitrogens with zero attached hydrogens (tertiary/aromatic N) is 3. The summed E-state index contributed by atoms with van der Waals surface area (Å²) < 4.78 is 21.4. The van der Waals surface area contributed by atoms with Crippen molar-refractivity contribution < 1.29 is 23.7 Å². The van der Waals surface area contributed by atoms with Crippen molar-refractivity contribution in [3.8, 4) is 17.2 Å². The highest BCUT2D eigenvalue weighted by atomic mass is 16.6. The number of ether oxygens (including phenoxy) is 4. The minimum Gasteiger partial charge on any atom is -0.493 e. The van der Waals surface area contributed by atoms with Gasteiger partial charge in [0.05, 0.1) is 34.5 Å². The molecule has 1 aliphatic rings. The SMILES string of the molecule is CCNC(=NCc1ccc(OC)c(OC)c1OC)N1CCN(C(=O)OCC)CC1. The molecule has 1 aromatic rings. The Balaban J connectivity index is 2.13. The number of benzene rings is 1. The summed E-state index contributed by atoms with van der Waals surface area (Å²) >= 11 is 0. The second-order valence-electron chi connectivity index (χ2n) is 6.34. The third-order valence-electron chi connectivity index (χ3n) is 4.63. The Morgan fingerprint density at radius 3 is 2.21 bits per heavy atom. The van der Waals surface area contributed by atoms with Gasteiger partial charge in [-0.2, -0.15) is 0 Å².